The van der Waals surface area contributed by atoms with E-state index in [1.807, 2.05) is 0 Å². The molecule has 1 rings (SSSR count). The van der Waals surface area contributed by atoms with Gasteiger partial charge in [-0.15, -0.1) is 0 Å². The number of hydrogen-bond acceptors (Lipinski definition) is 2. The number of nitrogens with one attached hydrogen (secondary N) is 1. The first-order chi connectivity index (χ1) is 9.72. The van der Waals surface area contributed by atoms with Gasteiger partial charge in [0, 0.05) is 24.7 Å². The topological polar surface area (TPSA) is 69.6 Å². The van der Waals surface area contributed by atoms with E-state index < -0.39 is 35.1 Å². The fourth-order valence-corrected chi connectivity index (χ4v) is 1.62. The van der Waals surface area contributed by atoms with Crippen LogP contribution in [0.25, 0.3) is 0 Å². The minimum absolute atomic E-state index is 0.0931. The Balaban J connectivity index is 2.86. The van der Waals surface area contributed by atoms with E-state index in [-0.39, 0.29) is 19.0 Å². The standard InChI is InChI=1S/C13H15F3N2O3/c1-7(2)18(4-3-12(19)20)13(21)17-11-6-9(15)8(14)5-10(11)16/h5-7H,3-4H2,1-2H3,(H,17,21)(H,19,20). The van der Waals surface area contributed by atoms with E-state index in [4.69, 9.17) is 5.11 Å². The summed E-state index contributed by atoms with van der Waals surface area (Å²) < 4.78 is 39.3. The number of carboxylic acid groups (broad SMARTS) is 1. The number of rotatable bonds is 5. The summed E-state index contributed by atoms with van der Waals surface area (Å²) in [4.78, 5) is 23.6. The molecule has 21 heavy (non-hydrogen) atoms. The number of amides is 2. The summed E-state index contributed by atoms with van der Waals surface area (Å²) in [7, 11) is 0. The first-order valence-corrected chi connectivity index (χ1v) is 6.16. The van der Waals surface area contributed by atoms with Crippen LogP contribution in [-0.2, 0) is 4.79 Å². The zero-order valence-corrected chi connectivity index (χ0v) is 11.5. The van der Waals surface area contributed by atoms with Crippen molar-refractivity contribution in [2.45, 2.75) is 26.3 Å². The number of urea groups is 1. The van der Waals surface area contributed by atoms with Gasteiger partial charge < -0.3 is 15.3 Å². The normalized spacial score (nSPS) is 10.6. The van der Waals surface area contributed by atoms with Crippen LogP contribution in [-0.4, -0.2) is 34.6 Å². The third-order valence-electron chi connectivity index (χ3n) is 2.70. The Morgan fingerprint density at radius 3 is 2.29 bits per heavy atom. The van der Waals surface area contributed by atoms with Gasteiger partial charge in [0.25, 0.3) is 0 Å². The van der Waals surface area contributed by atoms with E-state index >= 15 is 0 Å². The smallest absolute Gasteiger partial charge is 0.322 e. The van der Waals surface area contributed by atoms with E-state index in [2.05, 4.69) is 5.32 Å². The zero-order chi connectivity index (χ0) is 16.2. The van der Waals surface area contributed by atoms with Crippen molar-refractivity contribution < 1.29 is 27.9 Å². The van der Waals surface area contributed by atoms with Crippen molar-refractivity contribution >= 4 is 17.7 Å². The lowest BCUT2D eigenvalue weighted by Crippen LogP contribution is -2.41. The molecule has 0 atom stereocenters. The highest BCUT2D eigenvalue weighted by Crippen LogP contribution is 2.19. The van der Waals surface area contributed by atoms with Gasteiger partial charge in [-0.1, -0.05) is 0 Å². The zero-order valence-electron chi connectivity index (χ0n) is 11.5. The first kappa shape index (κ1) is 16.8. The van der Waals surface area contributed by atoms with Crippen molar-refractivity contribution in [2.24, 2.45) is 0 Å². The summed E-state index contributed by atoms with van der Waals surface area (Å²) in [5, 5.41) is 10.7. The summed E-state index contributed by atoms with van der Waals surface area (Å²) in [5.41, 5.74) is -0.514. The molecule has 116 valence electrons. The monoisotopic (exact) mass is 304 g/mol. The molecule has 0 radical (unpaired) electrons. The van der Waals surface area contributed by atoms with Crippen molar-refractivity contribution in [2.75, 3.05) is 11.9 Å². The second kappa shape index (κ2) is 6.96. The summed E-state index contributed by atoms with van der Waals surface area (Å²) in [6.07, 6.45) is -0.286. The van der Waals surface area contributed by atoms with Crippen molar-refractivity contribution in [3.63, 3.8) is 0 Å². The van der Waals surface area contributed by atoms with E-state index in [0.29, 0.717) is 12.1 Å². The Labute approximate surface area is 119 Å². The highest BCUT2D eigenvalue weighted by Gasteiger charge is 2.20. The van der Waals surface area contributed by atoms with Gasteiger partial charge in [0.1, 0.15) is 5.82 Å². The maximum Gasteiger partial charge on any atom is 0.322 e. The van der Waals surface area contributed by atoms with Crippen LogP contribution in [0.4, 0.5) is 23.7 Å². The highest BCUT2D eigenvalue weighted by molar-refractivity contribution is 5.89. The van der Waals surface area contributed by atoms with Gasteiger partial charge in [-0.2, -0.15) is 0 Å². The largest absolute Gasteiger partial charge is 0.481 e. The number of nitrogens with zero attached hydrogens (tertiary/aromatic N) is 1. The van der Waals surface area contributed by atoms with Gasteiger partial charge in [0.05, 0.1) is 12.1 Å². The highest BCUT2D eigenvalue weighted by atomic mass is 19.2. The molecule has 0 saturated heterocycles. The molecular weight excluding hydrogens is 289 g/mol. The molecule has 0 heterocycles. The molecule has 0 aliphatic carbocycles. The fraction of sp³-hybridized carbons (Fsp3) is 0.385. The van der Waals surface area contributed by atoms with Gasteiger partial charge in [-0.3, -0.25) is 4.79 Å². The summed E-state index contributed by atoms with van der Waals surface area (Å²) in [6.45, 7) is 3.19. The second-order valence-corrected chi connectivity index (χ2v) is 4.61. The number of carbonyl (C=O) groups excluding carboxylic acids is 1. The molecule has 0 bridgehead atoms. The van der Waals surface area contributed by atoms with Gasteiger partial charge in [0.15, 0.2) is 11.6 Å². The SMILES string of the molecule is CC(C)N(CCC(=O)O)C(=O)Nc1cc(F)c(F)cc1F. The van der Waals surface area contributed by atoms with Crippen LogP contribution in [0.15, 0.2) is 12.1 Å². The third-order valence-corrected chi connectivity index (χ3v) is 2.70. The van der Waals surface area contributed by atoms with Crippen LogP contribution < -0.4 is 5.32 Å². The van der Waals surface area contributed by atoms with Gasteiger partial charge >= 0.3 is 12.0 Å². The van der Waals surface area contributed by atoms with Gasteiger partial charge in [-0.05, 0) is 13.8 Å². The van der Waals surface area contributed by atoms with Gasteiger partial charge in [-0.25, -0.2) is 18.0 Å². The lowest BCUT2D eigenvalue weighted by Gasteiger charge is -2.26. The number of hydrogen-bond donors (Lipinski definition) is 2. The maximum atomic E-state index is 13.4. The Morgan fingerprint density at radius 2 is 1.76 bits per heavy atom. The fourth-order valence-electron chi connectivity index (χ4n) is 1.62. The van der Waals surface area contributed by atoms with Crippen LogP contribution in [0, 0.1) is 17.5 Å². The first-order valence-electron chi connectivity index (χ1n) is 6.16. The molecule has 0 aromatic heterocycles. The molecule has 2 N–H and O–H groups in total. The average Bonchev–Trinajstić information content (AvgIpc) is 2.35. The Bertz CT molecular complexity index is 550. The molecule has 0 aliphatic rings. The number of anilines is 1. The molecule has 1 aromatic carbocycles. The quantitative estimate of drug-likeness (QED) is 0.822. The molecule has 0 saturated carbocycles. The minimum Gasteiger partial charge on any atom is -0.481 e. The minimum atomic E-state index is -1.36. The predicted molar refractivity (Wildman–Crippen MR) is 69.4 cm³/mol. The van der Waals surface area contributed by atoms with Crippen molar-refractivity contribution in [3.8, 4) is 0 Å². The number of benzene rings is 1. The lowest BCUT2D eigenvalue weighted by molar-refractivity contribution is -0.137. The Morgan fingerprint density at radius 1 is 1.19 bits per heavy atom. The van der Waals surface area contributed by atoms with E-state index in [1.165, 1.54) is 0 Å². The van der Waals surface area contributed by atoms with Crippen LogP contribution in [0.2, 0.25) is 0 Å². The summed E-state index contributed by atoms with van der Waals surface area (Å²) in [6, 6.07) is -0.297. The number of aliphatic carboxylic acids is 1. The third kappa shape index (κ3) is 4.66. The van der Waals surface area contributed by atoms with Crippen LogP contribution in [0.3, 0.4) is 0 Å². The molecule has 0 aliphatic heterocycles. The second-order valence-electron chi connectivity index (χ2n) is 4.61. The summed E-state index contributed by atoms with van der Waals surface area (Å²) in [5.74, 6) is -4.87. The van der Waals surface area contributed by atoms with Crippen LogP contribution >= 0.6 is 0 Å². The maximum absolute atomic E-state index is 13.4. The average molecular weight is 304 g/mol. The number of carboxylic acids is 1. The predicted octanol–water partition coefficient (Wildman–Crippen LogP) is 2.82. The molecule has 8 heteroatoms. The number of carbonyl (C=O) groups is 2. The number of halogens is 3. The van der Waals surface area contributed by atoms with Crippen molar-refractivity contribution in [1.82, 2.24) is 4.90 Å². The molecule has 0 unspecified atom stereocenters. The van der Waals surface area contributed by atoms with E-state index in [1.54, 1.807) is 13.8 Å². The van der Waals surface area contributed by atoms with E-state index in [0.717, 1.165) is 4.90 Å². The molecule has 2 amide bonds. The molecule has 0 spiro atoms. The summed E-state index contributed by atoms with van der Waals surface area (Å²) >= 11 is 0. The Kier molecular flexibility index (Phi) is 5.57. The van der Waals surface area contributed by atoms with Crippen LogP contribution in [0.5, 0.6) is 0 Å². The molecular formula is C13H15F3N2O3. The molecule has 5 nitrogen and oxygen atoms in total. The molecule has 1 aromatic rings. The van der Waals surface area contributed by atoms with Crippen molar-refractivity contribution in [1.29, 1.82) is 0 Å². The molecule has 0 fully saturated rings. The van der Waals surface area contributed by atoms with Crippen LogP contribution in [0.1, 0.15) is 20.3 Å². The Hall–Kier alpha value is -2.25. The lowest BCUT2D eigenvalue weighted by atomic mass is 10.2. The van der Waals surface area contributed by atoms with Crippen molar-refractivity contribution in [3.05, 3.63) is 29.6 Å². The van der Waals surface area contributed by atoms with Gasteiger partial charge in [0.2, 0.25) is 0 Å². The van der Waals surface area contributed by atoms with E-state index in [9.17, 15) is 22.8 Å².